The first-order valence-corrected chi connectivity index (χ1v) is 16.3. The lowest BCUT2D eigenvalue weighted by atomic mass is 10.1. The largest absolute Gasteiger partial charge is 0.392 e. The van der Waals surface area contributed by atoms with Gasteiger partial charge in [-0.15, -0.1) is 0 Å². The van der Waals surface area contributed by atoms with Crippen molar-refractivity contribution in [1.82, 2.24) is 9.80 Å². The summed E-state index contributed by atoms with van der Waals surface area (Å²) in [6, 6.07) is 0. The average molecular weight is 513 g/mol. The van der Waals surface area contributed by atoms with E-state index in [0.29, 0.717) is 0 Å². The molecule has 0 bridgehead atoms. The van der Waals surface area contributed by atoms with E-state index in [1.165, 1.54) is 128 Å². The summed E-state index contributed by atoms with van der Waals surface area (Å²) in [5.41, 5.74) is 0. The molecule has 0 aromatic rings. The van der Waals surface area contributed by atoms with E-state index in [1.54, 1.807) is 0 Å². The summed E-state index contributed by atoms with van der Waals surface area (Å²) in [7, 11) is 0. The second-order valence-corrected chi connectivity index (χ2v) is 11.7. The molecule has 2 unspecified atom stereocenters. The predicted octanol–water partition coefficient (Wildman–Crippen LogP) is 8.19. The fourth-order valence-electron chi connectivity index (χ4n) is 5.30. The third kappa shape index (κ3) is 26.9. The van der Waals surface area contributed by atoms with E-state index in [4.69, 9.17) is 0 Å². The standard InChI is InChI=1S/C32H68N2O2/c1-5-7-9-11-13-15-17-21-25-33(29-31(3)35)27-23-19-20-24-28-34(30-32(4)36)26-22-18-16-14-12-10-8-6-2/h31-32,35-36H,5-30H2,1-4H3. The second-order valence-electron chi connectivity index (χ2n) is 11.7. The van der Waals surface area contributed by atoms with E-state index >= 15 is 0 Å². The zero-order valence-electron chi connectivity index (χ0n) is 25.3. The quantitative estimate of drug-likeness (QED) is 0.0992. The minimum absolute atomic E-state index is 0.232. The summed E-state index contributed by atoms with van der Waals surface area (Å²) in [5.74, 6) is 0. The molecule has 4 heteroatoms. The zero-order chi connectivity index (χ0) is 26.7. The first kappa shape index (κ1) is 35.8. The van der Waals surface area contributed by atoms with Crippen LogP contribution in [0.4, 0.5) is 0 Å². The molecule has 0 saturated heterocycles. The van der Waals surface area contributed by atoms with Gasteiger partial charge in [-0.3, -0.25) is 0 Å². The number of nitrogens with zero attached hydrogens (tertiary/aromatic N) is 2. The summed E-state index contributed by atoms with van der Waals surface area (Å²) in [6.07, 6.45) is 26.3. The molecule has 36 heavy (non-hydrogen) atoms. The Morgan fingerprint density at radius 2 is 0.611 bits per heavy atom. The van der Waals surface area contributed by atoms with Crippen LogP contribution in [0.15, 0.2) is 0 Å². The van der Waals surface area contributed by atoms with Crippen LogP contribution in [0.1, 0.15) is 156 Å². The SMILES string of the molecule is CCCCCCCCCCN(CCCCCCN(CCCCCCCCCC)CC(C)O)CC(C)O. The van der Waals surface area contributed by atoms with Crippen LogP contribution in [0.3, 0.4) is 0 Å². The highest BCUT2D eigenvalue weighted by molar-refractivity contribution is 4.65. The molecule has 0 radical (unpaired) electrons. The topological polar surface area (TPSA) is 46.9 Å². The average Bonchev–Trinajstić information content (AvgIpc) is 2.83. The number of aliphatic hydroxyl groups excluding tert-OH is 2. The molecule has 0 aromatic carbocycles. The number of hydrogen-bond donors (Lipinski definition) is 2. The lowest BCUT2D eigenvalue weighted by Crippen LogP contribution is -2.33. The molecule has 0 rings (SSSR count). The van der Waals surface area contributed by atoms with Crippen LogP contribution in [0.5, 0.6) is 0 Å². The van der Waals surface area contributed by atoms with E-state index in [1.807, 2.05) is 13.8 Å². The van der Waals surface area contributed by atoms with Crippen molar-refractivity contribution >= 4 is 0 Å². The lowest BCUT2D eigenvalue weighted by Gasteiger charge is -2.25. The van der Waals surface area contributed by atoms with Crippen LogP contribution in [0.25, 0.3) is 0 Å². The Morgan fingerprint density at radius 3 is 0.833 bits per heavy atom. The van der Waals surface area contributed by atoms with Gasteiger partial charge in [0.15, 0.2) is 0 Å². The van der Waals surface area contributed by atoms with E-state index in [9.17, 15) is 10.2 Å². The molecule has 2 atom stereocenters. The van der Waals surface area contributed by atoms with Crippen molar-refractivity contribution in [2.45, 2.75) is 168 Å². The normalized spacial score (nSPS) is 13.7. The lowest BCUT2D eigenvalue weighted by molar-refractivity contribution is 0.121. The fourth-order valence-corrected chi connectivity index (χ4v) is 5.30. The van der Waals surface area contributed by atoms with Crippen molar-refractivity contribution in [3.05, 3.63) is 0 Å². The van der Waals surface area contributed by atoms with Gasteiger partial charge < -0.3 is 20.0 Å². The summed E-state index contributed by atoms with van der Waals surface area (Å²) < 4.78 is 0. The molecule has 2 N–H and O–H groups in total. The fraction of sp³-hybridized carbons (Fsp3) is 1.00. The van der Waals surface area contributed by atoms with Gasteiger partial charge in [-0.05, 0) is 65.7 Å². The maximum Gasteiger partial charge on any atom is 0.0639 e. The van der Waals surface area contributed by atoms with Gasteiger partial charge in [0.1, 0.15) is 0 Å². The molecular weight excluding hydrogens is 444 g/mol. The van der Waals surface area contributed by atoms with Crippen LogP contribution in [0, 0.1) is 0 Å². The van der Waals surface area contributed by atoms with Gasteiger partial charge >= 0.3 is 0 Å². The van der Waals surface area contributed by atoms with Crippen molar-refractivity contribution in [3.63, 3.8) is 0 Å². The van der Waals surface area contributed by atoms with Gasteiger partial charge in [-0.2, -0.15) is 0 Å². The maximum absolute atomic E-state index is 9.90. The van der Waals surface area contributed by atoms with Crippen molar-refractivity contribution < 1.29 is 10.2 Å². The smallest absolute Gasteiger partial charge is 0.0639 e. The Kier molecular flexibility index (Phi) is 27.7. The number of unbranched alkanes of at least 4 members (excludes halogenated alkanes) is 17. The second kappa shape index (κ2) is 27.9. The van der Waals surface area contributed by atoms with Crippen LogP contribution < -0.4 is 0 Å². The zero-order valence-corrected chi connectivity index (χ0v) is 25.3. The molecule has 0 heterocycles. The van der Waals surface area contributed by atoms with E-state index in [2.05, 4.69) is 23.6 Å². The monoisotopic (exact) mass is 513 g/mol. The Morgan fingerprint density at radius 1 is 0.389 bits per heavy atom. The third-order valence-electron chi connectivity index (χ3n) is 7.40. The maximum atomic E-state index is 9.90. The van der Waals surface area contributed by atoms with Gasteiger partial charge in [0.25, 0.3) is 0 Å². The number of rotatable bonds is 29. The minimum Gasteiger partial charge on any atom is -0.392 e. The molecule has 0 aliphatic heterocycles. The first-order chi connectivity index (χ1) is 17.5. The summed E-state index contributed by atoms with van der Waals surface area (Å²) >= 11 is 0. The van der Waals surface area contributed by atoms with E-state index < -0.39 is 0 Å². The van der Waals surface area contributed by atoms with E-state index in [0.717, 1.165) is 39.3 Å². The molecule has 0 aromatic heterocycles. The van der Waals surface area contributed by atoms with Crippen LogP contribution in [-0.2, 0) is 0 Å². The Hall–Kier alpha value is -0.160. The van der Waals surface area contributed by atoms with Crippen molar-refractivity contribution in [3.8, 4) is 0 Å². The Balaban J connectivity index is 3.93. The van der Waals surface area contributed by atoms with Gasteiger partial charge in [0.05, 0.1) is 12.2 Å². The first-order valence-electron chi connectivity index (χ1n) is 16.3. The molecule has 0 aliphatic carbocycles. The summed E-state index contributed by atoms with van der Waals surface area (Å²) in [6.45, 7) is 14.6. The highest BCUT2D eigenvalue weighted by atomic mass is 16.3. The highest BCUT2D eigenvalue weighted by Gasteiger charge is 2.10. The van der Waals surface area contributed by atoms with Crippen LogP contribution >= 0.6 is 0 Å². The van der Waals surface area contributed by atoms with Crippen LogP contribution in [-0.4, -0.2) is 71.5 Å². The van der Waals surface area contributed by atoms with Gasteiger partial charge in [0, 0.05) is 13.1 Å². The molecule has 0 saturated carbocycles. The van der Waals surface area contributed by atoms with E-state index in [-0.39, 0.29) is 12.2 Å². The molecule has 0 aliphatic rings. The van der Waals surface area contributed by atoms with Crippen molar-refractivity contribution in [2.75, 3.05) is 39.3 Å². The minimum atomic E-state index is -0.232. The summed E-state index contributed by atoms with van der Waals surface area (Å²) in [5, 5.41) is 19.8. The van der Waals surface area contributed by atoms with Gasteiger partial charge in [0.2, 0.25) is 0 Å². The number of hydrogen-bond acceptors (Lipinski definition) is 4. The van der Waals surface area contributed by atoms with Crippen molar-refractivity contribution in [2.24, 2.45) is 0 Å². The predicted molar refractivity (Wildman–Crippen MR) is 160 cm³/mol. The highest BCUT2D eigenvalue weighted by Crippen LogP contribution is 2.12. The molecule has 218 valence electrons. The van der Waals surface area contributed by atoms with Gasteiger partial charge in [-0.1, -0.05) is 117 Å². The molecular formula is C32H68N2O2. The molecule has 4 nitrogen and oxygen atoms in total. The number of aliphatic hydroxyl groups is 2. The Labute approximate surface area is 227 Å². The molecule has 0 spiro atoms. The third-order valence-corrected chi connectivity index (χ3v) is 7.40. The Bertz CT molecular complexity index is 379. The van der Waals surface area contributed by atoms with Gasteiger partial charge in [-0.25, -0.2) is 0 Å². The van der Waals surface area contributed by atoms with Crippen molar-refractivity contribution in [1.29, 1.82) is 0 Å². The van der Waals surface area contributed by atoms with Crippen LogP contribution in [0.2, 0.25) is 0 Å². The summed E-state index contributed by atoms with van der Waals surface area (Å²) in [4.78, 5) is 4.98. The molecule has 0 fully saturated rings. The molecule has 0 amide bonds.